The van der Waals surface area contributed by atoms with Crippen molar-refractivity contribution in [2.24, 2.45) is 0 Å². The van der Waals surface area contributed by atoms with Gasteiger partial charge < -0.3 is 9.15 Å². The second-order valence-electron chi connectivity index (χ2n) is 5.37. The van der Waals surface area contributed by atoms with Crippen LogP contribution >= 0.6 is 0 Å². The van der Waals surface area contributed by atoms with Gasteiger partial charge in [-0.15, -0.1) is 10.2 Å². The van der Waals surface area contributed by atoms with Gasteiger partial charge in [0.25, 0.3) is 0 Å². The first kappa shape index (κ1) is 17.1. The number of nitrogens with zero attached hydrogens (tertiary/aromatic N) is 2. The summed E-state index contributed by atoms with van der Waals surface area (Å²) in [6, 6.07) is 13.8. The maximum absolute atomic E-state index is 12.3. The van der Waals surface area contributed by atoms with Crippen LogP contribution in [0.25, 0.3) is 11.5 Å². The van der Waals surface area contributed by atoms with Crippen molar-refractivity contribution in [2.75, 3.05) is 7.11 Å². The van der Waals surface area contributed by atoms with Gasteiger partial charge in [0.2, 0.25) is 21.8 Å². The van der Waals surface area contributed by atoms with Gasteiger partial charge in [0.05, 0.1) is 18.6 Å². The number of aryl methyl sites for hydroxylation is 1. The Morgan fingerprint density at radius 2 is 1.88 bits per heavy atom. The Labute approximate surface area is 145 Å². The zero-order valence-corrected chi connectivity index (χ0v) is 14.6. The van der Waals surface area contributed by atoms with Crippen LogP contribution in [-0.4, -0.2) is 25.7 Å². The molecule has 8 heteroatoms. The van der Waals surface area contributed by atoms with Crippen LogP contribution in [0, 0.1) is 6.92 Å². The van der Waals surface area contributed by atoms with Gasteiger partial charge in [-0.3, -0.25) is 0 Å². The second kappa shape index (κ2) is 7.04. The summed E-state index contributed by atoms with van der Waals surface area (Å²) >= 11 is 0. The van der Waals surface area contributed by atoms with Crippen LogP contribution in [-0.2, 0) is 16.6 Å². The summed E-state index contributed by atoms with van der Waals surface area (Å²) in [6.07, 6.45) is 0. The predicted molar refractivity (Wildman–Crippen MR) is 91.5 cm³/mol. The zero-order valence-electron chi connectivity index (χ0n) is 13.8. The van der Waals surface area contributed by atoms with Crippen molar-refractivity contribution in [3.63, 3.8) is 0 Å². The lowest BCUT2D eigenvalue weighted by Crippen LogP contribution is -2.23. The molecule has 1 aromatic heterocycles. The lowest BCUT2D eigenvalue weighted by atomic mass is 10.2. The molecule has 0 unspecified atom stereocenters. The van der Waals surface area contributed by atoms with Gasteiger partial charge in [-0.25, -0.2) is 13.1 Å². The largest absolute Gasteiger partial charge is 0.497 e. The van der Waals surface area contributed by atoms with Gasteiger partial charge in [-0.05, 0) is 48.9 Å². The summed E-state index contributed by atoms with van der Waals surface area (Å²) in [7, 11) is -2.06. The standard InChI is InChI=1S/C17H17N3O4S/c1-12-4-3-5-15(10-12)25(21,22)18-11-16-19-20-17(24-16)13-6-8-14(23-2)9-7-13/h3-10,18H,11H2,1-2H3. The van der Waals surface area contributed by atoms with E-state index in [1.54, 1.807) is 43.5 Å². The number of nitrogens with one attached hydrogen (secondary N) is 1. The summed E-state index contributed by atoms with van der Waals surface area (Å²) in [5.41, 5.74) is 1.59. The van der Waals surface area contributed by atoms with Gasteiger partial charge in [-0.1, -0.05) is 12.1 Å². The van der Waals surface area contributed by atoms with Gasteiger partial charge in [0.1, 0.15) is 5.75 Å². The predicted octanol–water partition coefficient (Wildman–Crippen LogP) is 2.53. The topological polar surface area (TPSA) is 94.3 Å². The Kier molecular flexibility index (Phi) is 4.82. The minimum atomic E-state index is -3.64. The molecule has 0 saturated heterocycles. The van der Waals surface area contributed by atoms with E-state index >= 15 is 0 Å². The van der Waals surface area contributed by atoms with Crippen LogP contribution < -0.4 is 9.46 Å². The van der Waals surface area contributed by atoms with Crippen molar-refractivity contribution in [1.29, 1.82) is 0 Å². The van der Waals surface area contributed by atoms with Gasteiger partial charge in [0, 0.05) is 5.56 Å². The summed E-state index contributed by atoms with van der Waals surface area (Å²) in [5, 5.41) is 7.81. The fourth-order valence-electron chi connectivity index (χ4n) is 2.20. The van der Waals surface area contributed by atoms with E-state index in [-0.39, 0.29) is 17.3 Å². The Morgan fingerprint density at radius 3 is 2.56 bits per heavy atom. The van der Waals surface area contributed by atoms with Crippen LogP contribution in [0.3, 0.4) is 0 Å². The van der Waals surface area contributed by atoms with Gasteiger partial charge in [-0.2, -0.15) is 0 Å². The van der Waals surface area contributed by atoms with Crippen molar-refractivity contribution in [2.45, 2.75) is 18.4 Å². The third kappa shape index (κ3) is 4.04. The first-order valence-corrected chi connectivity index (χ1v) is 8.99. The van der Waals surface area contributed by atoms with Crippen LogP contribution in [0.15, 0.2) is 57.8 Å². The van der Waals surface area contributed by atoms with E-state index in [0.29, 0.717) is 5.89 Å². The molecule has 0 fully saturated rings. The molecule has 25 heavy (non-hydrogen) atoms. The second-order valence-corrected chi connectivity index (χ2v) is 7.14. The molecule has 0 spiro atoms. The smallest absolute Gasteiger partial charge is 0.247 e. The SMILES string of the molecule is COc1ccc(-c2nnc(CNS(=O)(=O)c3cccc(C)c3)o2)cc1. The fraction of sp³-hybridized carbons (Fsp3) is 0.176. The quantitative estimate of drug-likeness (QED) is 0.727. The summed E-state index contributed by atoms with van der Waals surface area (Å²) in [6.45, 7) is 1.75. The molecule has 0 saturated carbocycles. The lowest BCUT2D eigenvalue weighted by Gasteiger charge is -2.05. The minimum absolute atomic E-state index is 0.0839. The first-order valence-electron chi connectivity index (χ1n) is 7.51. The molecule has 2 aromatic carbocycles. The number of hydrogen-bond acceptors (Lipinski definition) is 6. The van der Waals surface area contributed by atoms with Crippen LogP contribution in [0.5, 0.6) is 5.75 Å². The number of hydrogen-bond donors (Lipinski definition) is 1. The number of sulfonamides is 1. The van der Waals surface area contributed by atoms with E-state index in [1.165, 1.54) is 6.07 Å². The number of aromatic nitrogens is 2. The molecule has 3 aromatic rings. The Balaban J connectivity index is 1.71. The Bertz CT molecular complexity index is 966. The van der Waals surface area contributed by atoms with Crippen molar-refractivity contribution in [3.8, 4) is 17.2 Å². The average Bonchev–Trinajstić information content (AvgIpc) is 3.09. The molecular formula is C17H17N3O4S. The third-order valence-electron chi connectivity index (χ3n) is 3.52. The summed E-state index contributed by atoms with van der Waals surface area (Å²) in [5.74, 6) is 1.21. The summed E-state index contributed by atoms with van der Waals surface area (Å²) < 4.78 is 37.6. The van der Waals surface area contributed by atoms with E-state index in [0.717, 1.165) is 16.9 Å². The molecule has 130 valence electrons. The molecule has 0 aliphatic rings. The average molecular weight is 359 g/mol. The van der Waals surface area contributed by atoms with E-state index in [2.05, 4.69) is 14.9 Å². The normalized spacial score (nSPS) is 11.4. The maximum Gasteiger partial charge on any atom is 0.247 e. The van der Waals surface area contributed by atoms with Crippen molar-refractivity contribution < 1.29 is 17.6 Å². The van der Waals surface area contributed by atoms with E-state index in [4.69, 9.17) is 9.15 Å². The molecule has 0 aliphatic carbocycles. The molecule has 7 nitrogen and oxygen atoms in total. The molecular weight excluding hydrogens is 342 g/mol. The fourth-order valence-corrected chi connectivity index (χ4v) is 3.28. The molecule has 0 atom stereocenters. The zero-order chi connectivity index (χ0) is 17.9. The first-order chi connectivity index (χ1) is 12.0. The number of methoxy groups -OCH3 is 1. The van der Waals surface area contributed by atoms with Gasteiger partial charge in [0.15, 0.2) is 0 Å². The van der Waals surface area contributed by atoms with E-state index in [9.17, 15) is 8.42 Å². The monoisotopic (exact) mass is 359 g/mol. The van der Waals surface area contributed by atoms with Crippen molar-refractivity contribution >= 4 is 10.0 Å². The van der Waals surface area contributed by atoms with Crippen molar-refractivity contribution in [1.82, 2.24) is 14.9 Å². The minimum Gasteiger partial charge on any atom is -0.497 e. The molecule has 3 rings (SSSR count). The van der Waals surface area contributed by atoms with Crippen LogP contribution in [0.2, 0.25) is 0 Å². The highest BCUT2D eigenvalue weighted by Gasteiger charge is 2.16. The van der Waals surface area contributed by atoms with Gasteiger partial charge >= 0.3 is 0 Å². The Morgan fingerprint density at radius 1 is 1.12 bits per heavy atom. The lowest BCUT2D eigenvalue weighted by molar-refractivity contribution is 0.415. The Hall–Kier alpha value is -2.71. The highest BCUT2D eigenvalue weighted by atomic mass is 32.2. The number of ether oxygens (including phenoxy) is 1. The van der Waals surface area contributed by atoms with Crippen LogP contribution in [0.1, 0.15) is 11.5 Å². The molecule has 0 aliphatic heterocycles. The number of rotatable bonds is 6. The molecule has 1 N–H and O–H groups in total. The van der Waals surface area contributed by atoms with Crippen LogP contribution in [0.4, 0.5) is 0 Å². The highest BCUT2D eigenvalue weighted by Crippen LogP contribution is 2.21. The highest BCUT2D eigenvalue weighted by molar-refractivity contribution is 7.89. The van der Waals surface area contributed by atoms with E-state index < -0.39 is 10.0 Å². The van der Waals surface area contributed by atoms with E-state index in [1.807, 2.05) is 13.0 Å². The van der Waals surface area contributed by atoms with Crippen molar-refractivity contribution in [3.05, 3.63) is 60.0 Å². The molecule has 0 bridgehead atoms. The summed E-state index contributed by atoms with van der Waals surface area (Å²) in [4.78, 5) is 0.197. The third-order valence-corrected chi connectivity index (χ3v) is 4.92. The number of benzene rings is 2. The maximum atomic E-state index is 12.3. The molecule has 0 radical (unpaired) electrons. The molecule has 0 amide bonds. The molecule has 1 heterocycles.